The van der Waals surface area contributed by atoms with Crippen LogP contribution in [0.15, 0.2) is 0 Å². The van der Waals surface area contributed by atoms with Crippen molar-refractivity contribution in [1.82, 2.24) is 0 Å². The van der Waals surface area contributed by atoms with E-state index in [4.69, 9.17) is 9.84 Å². The first-order valence-corrected chi connectivity index (χ1v) is 5.64. The summed E-state index contributed by atoms with van der Waals surface area (Å²) in [7, 11) is 0. The fraction of sp³-hybridized carbons (Fsp3) is 0.917. The average Bonchev–Trinajstić information content (AvgIpc) is 2.90. The largest absolute Gasteiger partial charge is 0.465 e. The molecule has 3 heteroatoms. The third kappa shape index (κ3) is 3.49. The number of hydrogen-bond acceptors (Lipinski definition) is 3. The molecule has 1 saturated carbocycles. The van der Waals surface area contributed by atoms with Gasteiger partial charge in [0.2, 0.25) is 0 Å². The van der Waals surface area contributed by atoms with Crippen LogP contribution in [0.4, 0.5) is 0 Å². The van der Waals surface area contributed by atoms with Crippen molar-refractivity contribution in [3.63, 3.8) is 0 Å². The highest BCUT2D eigenvalue weighted by molar-refractivity contribution is 5.75. The Kier molecular flexibility index (Phi) is 3.77. The molecule has 1 N–H and O–H groups in total. The van der Waals surface area contributed by atoms with Gasteiger partial charge in [-0.25, -0.2) is 0 Å². The normalized spacial score (nSPS) is 27.3. The van der Waals surface area contributed by atoms with E-state index in [0.717, 1.165) is 6.42 Å². The molecule has 15 heavy (non-hydrogen) atoms. The van der Waals surface area contributed by atoms with Crippen LogP contribution in [0.25, 0.3) is 0 Å². The number of esters is 1. The van der Waals surface area contributed by atoms with Crippen LogP contribution in [0.5, 0.6) is 0 Å². The summed E-state index contributed by atoms with van der Waals surface area (Å²) in [5.74, 6) is 1.21. The van der Waals surface area contributed by atoms with Crippen molar-refractivity contribution in [3.8, 4) is 0 Å². The van der Waals surface area contributed by atoms with E-state index < -0.39 is 5.41 Å². The molecule has 0 aromatic heterocycles. The van der Waals surface area contributed by atoms with Gasteiger partial charge in [-0.15, -0.1) is 0 Å². The molecule has 0 unspecified atom stereocenters. The van der Waals surface area contributed by atoms with Crippen molar-refractivity contribution >= 4 is 5.97 Å². The zero-order valence-electron chi connectivity index (χ0n) is 10.1. The van der Waals surface area contributed by atoms with E-state index in [0.29, 0.717) is 24.4 Å². The fourth-order valence-electron chi connectivity index (χ4n) is 1.73. The summed E-state index contributed by atoms with van der Waals surface area (Å²) in [6.45, 7) is 8.39. The van der Waals surface area contributed by atoms with Crippen LogP contribution >= 0.6 is 0 Å². The summed E-state index contributed by atoms with van der Waals surface area (Å²) in [5.41, 5.74) is -0.417. The van der Waals surface area contributed by atoms with Crippen molar-refractivity contribution in [3.05, 3.63) is 0 Å². The predicted molar refractivity (Wildman–Crippen MR) is 58.3 cm³/mol. The molecule has 88 valence electrons. The smallest absolute Gasteiger partial charge is 0.311 e. The molecule has 0 aromatic rings. The van der Waals surface area contributed by atoms with Crippen LogP contribution in [0.1, 0.15) is 34.1 Å². The van der Waals surface area contributed by atoms with E-state index in [9.17, 15) is 4.79 Å². The summed E-state index contributed by atoms with van der Waals surface area (Å²) in [5, 5.41) is 8.92. The third-order valence-corrected chi connectivity index (χ3v) is 3.03. The molecule has 1 rings (SSSR count). The summed E-state index contributed by atoms with van der Waals surface area (Å²) >= 11 is 0. The van der Waals surface area contributed by atoms with E-state index in [1.54, 1.807) is 0 Å². The molecule has 0 bridgehead atoms. The molecule has 0 heterocycles. The minimum atomic E-state index is -0.417. The maximum absolute atomic E-state index is 11.5. The average molecular weight is 214 g/mol. The lowest BCUT2D eigenvalue weighted by molar-refractivity contribution is -0.154. The molecule has 0 spiro atoms. The predicted octanol–water partition coefficient (Wildman–Crippen LogP) is 1.84. The number of aliphatic hydroxyl groups is 1. The Balaban J connectivity index is 2.23. The van der Waals surface area contributed by atoms with Gasteiger partial charge in [-0.2, -0.15) is 0 Å². The third-order valence-electron chi connectivity index (χ3n) is 3.03. The first-order valence-electron chi connectivity index (χ1n) is 5.64. The van der Waals surface area contributed by atoms with Crippen LogP contribution in [0, 0.1) is 23.2 Å². The van der Waals surface area contributed by atoms with Crippen LogP contribution in [-0.4, -0.2) is 24.3 Å². The second-order valence-electron chi connectivity index (χ2n) is 5.67. The zero-order chi connectivity index (χ0) is 11.6. The summed E-state index contributed by atoms with van der Waals surface area (Å²) < 4.78 is 5.24. The Morgan fingerprint density at radius 3 is 2.53 bits per heavy atom. The minimum Gasteiger partial charge on any atom is -0.465 e. The topological polar surface area (TPSA) is 46.5 Å². The second-order valence-corrected chi connectivity index (χ2v) is 5.67. The molecule has 1 aliphatic rings. The van der Waals surface area contributed by atoms with Crippen LogP contribution in [-0.2, 0) is 9.53 Å². The summed E-state index contributed by atoms with van der Waals surface area (Å²) in [6, 6.07) is 0. The molecule has 0 aromatic carbocycles. The highest BCUT2D eigenvalue weighted by Gasteiger charge is 2.40. The van der Waals surface area contributed by atoms with E-state index in [1.807, 2.05) is 20.8 Å². The summed E-state index contributed by atoms with van der Waals surface area (Å²) in [4.78, 5) is 11.5. The molecule has 0 saturated heterocycles. The second kappa shape index (κ2) is 4.52. The lowest BCUT2D eigenvalue weighted by Crippen LogP contribution is -2.25. The Labute approximate surface area is 91.8 Å². The van der Waals surface area contributed by atoms with Gasteiger partial charge in [0.25, 0.3) is 0 Å². The molecule has 3 atom stereocenters. The molecule has 1 aliphatic carbocycles. The van der Waals surface area contributed by atoms with Crippen molar-refractivity contribution in [2.75, 3.05) is 13.2 Å². The van der Waals surface area contributed by atoms with Crippen LogP contribution in [0.2, 0.25) is 0 Å². The van der Waals surface area contributed by atoms with Crippen molar-refractivity contribution in [2.24, 2.45) is 23.2 Å². The molecule has 0 radical (unpaired) electrons. The van der Waals surface area contributed by atoms with Gasteiger partial charge in [0.15, 0.2) is 0 Å². The molecule has 1 fully saturated rings. The van der Waals surface area contributed by atoms with E-state index in [-0.39, 0.29) is 12.6 Å². The van der Waals surface area contributed by atoms with Gasteiger partial charge in [-0.3, -0.25) is 4.79 Å². The number of aliphatic hydroxyl groups excluding tert-OH is 1. The van der Waals surface area contributed by atoms with Gasteiger partial charge < -0.3 is 9.84 Å². The monoisotopic (exact) mass is 214 g/mol. The number of hydrogen-bond donors (Lipinski definition) is 1. The standard InChI is InChI=1S/C12H22O3/c1-8(10-5-9(10)6-13)7-15-11(14)12(2,3)4/h8-10,13H,5-7H2,1-4H3/t8-,9-,10+/m0/s1. The maximum Gasteiger partial charge on any atom is 0.311 e. The SMILES string of the molecule is C[C@@H](COC(=O)C(C)(C)C)[C@H]1C[C@H]1CO. The van der Waals surface area contributed by atoms with E-state index in [2.05, 4.69) is 6.92 Å². The van der Waals surface area contributed by atoms with Gasteiger partial charge in [0.05, 0.1) is 12.0 Å². The van der Waals surface area contributed by atoms with Crippen molar-refractivity contribution in [1.29, 1.82) is 0 Å². The Morgan fingerprint density at radius 2 is 2.13 bits per heavy atom. The first kappa shape index (κ1) is 12.5. The summed E-state index contributed by atoms with van der Waals surface area (Å²) in [6.07, 6.45) is 1.07. The van der Waals surface area contributed by atoms with Gasteiger partial charge >= 0.3 is 5.97 Å². The number of carbonyl (C=O) groups is 1. The Hall–Kier alpha value is -0.570. The maximum atomic E-state index is 11.5. The highest BCUT2D eigenvalue weighted by Crippen LogP contribution is 2.43. The number of rotatable bonds is 4. The van der Waals surface area contributed by atoms with E-state index in [1.165, 1.54) is 0 Å². The van der Waals surface area contributed by atoms with Crippen LogP contribution in [0.3, 0.4) is 0 Å². The molecular weight excluding hydrogens is 192 g/mol. The quantitative estimate of drug-likeness (QED) is 0.726. The molecule has 0 aliphatic heterocycles. The Bertz CT molecular complexity index is 230. The molecular formula is C12H22O3. The van der Waals surface area contributed by atoms with Crippen molar-refractivity contribution < 1.29 is 14.6 Å². The fourth-order valence-corrected chi connectivity index (χ4v) is 1.73. The van der Waals surface area contributed by atoms with Crippen molar-refractivity contribution in [2.45, 2.75) is 34.1 Å². The highest BCUT2D eigenvalue weighted by atomic mass is 16.5. The molecule has 3 nitrogen and oxygen atoms in total. The number of ether oxygens (including phenoxy) is 1. The van der Waals surface area contributed by atoms with Crippen LogP contribution < -0.4 is 0 Å². The van der Waals surface area contributed by atoms with Gasteiger partial charge in [-0.05, 0) is 44.9 Å². The molecule has 0 amide bonds. The first-order chi connectivity index (χ1) is 6.86. The van der Waals surface area contributed by atoms with Gasteiger partial charge in [-0.1, -0.05) is 6.92 Å². The minimum absolute atomic E-state index is 0.143. The Morgan fingerprint density at radius 1 is 1.53 bits per heavy atom. The van der Waals surface area contributed by atoms with E-state index >= 15 is 0 Å². The van der Waals surface area contributed by atoms with Gasteiger partial charge in [0, 0.05) is 6.61 Å². The number of carbonyl (C=O) groups excluding carboxylic acids is 1. The lowest BCUT2D eigenvalue weighted by Gasteiger charge is -2.19. The zero-order valence-corrected chi connectivity index (χ0v) is 10.1. The lowest BCUT2D eigenvalue weighted by atomic mass is 9.97. The van der Waals surface area contributed by atoms with Gasteiger partial charge in [0.1, 0.15) is 0 Å².